The van der Waals surface area contributed by atoms with Gasteiger partial charge in [-0.1, -0.05) is 17.7 Å². The van der Waals surface area contributed by atoms with E-state index < -0.39 is 0 Å². The number of aromatic nitrogens is 3. The van der Waals surface area contributed by atoms with Crippen LogP contribution in [-0.4, -0.2) is 21.2 Å². The van der Waals surface area contributed by atoms with Crippen LogP contribution in [0, 0.1) is 6.92 Å². The molecule has 2 rings (SSSR count). The normalized spacial score (nSPS) is 10.2. The molecular formula is C11H10ClN3O2. The summed E-state index contributed by atoms with van der Waals surface area (Å²) in [7, 11) is 0. The van der Waals surface area contributed by atoms with Crippen molar-refractivity contribution in [1.29, 1.82) is 0 Å². The Morgan fingerprint density at radius 3 is 3.00 bits per heavy atom. The molecule has 0 spiro atoms. The van der Waals surface area contributed by atoms with Crippen LogP contribution in [0.25, 0.3) is 0 Å². The molecule has 0 atom stereocenters. The Balaban J connectivity index is 2.17. The van der Waals surface area contributed by atoms with Crippen LogP contribution in [0.4, 0.5) is 0 Å². The molecule has 0 fully saturated rings. The predicted octanol–water partition coefficient (Wildman–Crippen LogP) is 1.82. The van der Waals surface area contributed by atoms with Gasteiger partial charge in [-0.05, 0) is 18.6 Å². The Morgan fingerprint density at radius 2 is 2.35 bits per heavy atom. The lowest BCUT2D eigenvalue weighted by Crippen LogP contribution is -2.04. The van der Waals surface area contributed by atoms with Gasteiger partial charge in [-0.25, -0.2) is 4.98 Å². The van der Waals surface area contributed by atoms with E-state index in [2.05, 4.69) is 14.8 Å². The highest BCUT2D eigenvalue weighted by Gasteiger charge is 2.05. The molecule has 0 radical (unpaired) electrons. The maximum absolute atomic E-state index is 10.2. The third kappa shape index (κ3) is 2.82. The summed E-state index contributed by atoms with van der Waals surface area (Å²) in [6, 6.07) is 5.28. The standard InChI is InChI=1S/C11H10ClN3O2/c1-8-4-11(17-7-16)14-15(8)6-9-2-3-10(12)13-5-9/h2-5,7H,6H2,1H3. The molecule has 0 unspecified atom stereocenters. The summed E-state index contributed by atoms with van der Waals surface area (Å²) in [4.78, 5) is 14.2. The molecular weight excluding hydrogens is 242 g/mol. The molecule has 0 aliphatic heterocycles. The Hall–Kier alpha value is -1.88. The summed E-state index contributed by atoms with van der Waals surface area (Å²) in [6.07, 6.45) is 1.68. The smallest absolute Gasteiger partial charge is 0.299 e. The minimum Gasteiger partial charge on any atom is -0.408 e. The average Bonchev–Trinajstić information content (AvgIpc) is 2.63. The van der Waals surface area contributed by atoms with E-state index in [1.165, 1.54) is 0 Å². The molecule has 0 saturated carbocycles. The topological polar surface area (TPSA) is 57.0 Å². The van der Waals surface area contributed by atoms with Crippen molar-refractivity contribution in [3.05, 3.63) is 40.8 Å². The molecule has 0 N–H and O–H groups in total. The number of pyridine rings is 1. The van der Waals surface area contributed by atoms with E-state index in [1.54, 1.807) is 23.0 Å². The zero-order chi connectivity index (χ0) is 12.3. The highest BCUT2D eigenvalue weighted by Crippen LogP contribution is 2.13. The third-order valence-corrected chi connectivity index (χ3v) is 2.47. The lowest BCUT2D eigenvalue weighted by atomic mass is 10.3. The van der Waals surface area contributed by atoms with Crippen LogP contribution in [-0.2, 0) is 11.3 Å². The third-order valence-electron chi connectivity index (χ3n) is 2.25. The van der Waals surface area contributed by atoms with Gasteiger partial charge in [0, 0.05) is 18.0 Å². The van der Waals surface area contributed by atoms with E-state index in [4.69, 9.17) is 11.6 Å². The molecule has 88 valence electrons. The monoisotopic (exact) mass is 251 g/mol. The van der Waals surface area contributed by atoms with Crippen molar-refractivity contribution < 1.29 is 9.53 Å². The molecule has 0 aromatic carbocycles. The van der Waals surface area contributed by atoms with E-state index in [-0.39, 0.29) is 0 Å². The van der Waals surface area contributed by atoms with Gasteiger partial charge in [0.05, 0.1) is 6.54 Å². The van der Waals surface area contributed by atoms with Gasteiger partial charge < -0.3 is 4.74 Å². The number of aryl methyl sites for hydroxylation is 1. The summed E-state index contributed by atoms with van der Waals surface area (Å²) in [5, 5.41) is 4.57. The van der Waals surface area contributed by atoms with Crippen molar-refractivity contribution in [3.63, 3.8) is 0 Å². The molecule has 0 aliphatic rings. The van der Waals surface area contributed by atoms with E-state index in [0.29, 0.717) is 24.1 Å². The second kappa shape index (κ2) is 4.97. The number of rotatable bonds is 4. The van der Waals surface area contributed by atoms with Crippen LogP contribution in [0.1, 0.15) is 11.3 Å². The summed E-state index contributed by atoms with van der Waals surface area (Å²) >= 11 is 5.70. The fourth-order valence-electron chi connectivity index (χ4n) is 1.42. The molecule has 0 bridgehead atoms. The average molecular weight is 252 g/mol. The highest BCUT2D eigenvalue weighted by atomic mass is 35.5. The van der Waals surface area contributed by atoms with Crippen LogP contribution >= 0.6 is 11.6 Å². The molecule has 5 nitrogen and oxygen atoms in total. The summed E-state index contributed by atoms with van der Waals surface area (Å²) in [5.41, 5.74) is 1.87. The van der Waals surface area contributed by atoms with Crippen LogP contribution in [0.15, 0.2) is 24.4 Å². The maximum Gasteiger partial charge on any atom is 0.299 e. The fraction of sp³-hybridized carbons (Fsp3) is 0.182. The van der Waals surface area contributed by atoms with Crippen molar-refractivity contribution in [2.24, 2.45) is 0 Å². The number of ether oxygens (including phenoxy) is 1. The Bertz CT molecular complexity index is 522. The Kier molecular flexibility index (Phi) is 3.39. The van der Waals surface area contributed by atoms with Crippen molar-refractivity contribution in [1.82, 2.24) is 14.8 Å². The SMILES string of the molecule is Cc1cc(OC=O)nn1Cc1ccc(Cl)nc1. The van der Waals surface area contributed by atoms with Crippen LogP contribution in [0.2, 0.25) is 5.15 Å². The zero-order valence-electron chi connectivity index (χ0n) is 9.13. The molecule has 2 heterocycles. The van der Waals surface area contributed by atoms with Crippen molar-refractivity contribution >= 4 is 18.1 Å². The van der Waals surface area contributed by atoms with Gasteiger partial charge in [0.15, 0.2) is 0 Å². The van der Waals surface area contributed by atoms with Crippen LogP contribution in [0.3, 0.4) is 0 Å². The maximum atomic E-state index is 10.2. The Morgan fingerprint density at radius 1 is 1.53 bits per heavy atom. The summed E-state index contributed by atoms with van der Waals surface area (Å²) in [5.74, 6) is 0.291. The second-order valence-electron chi connectivity index (χ2n) is 3.48. The zero-order valence-corrected chi connectivity index (χ0v) is 9.89. The van der Waals surface area contributed by atoms with Gasteiger partial charge in [0.25, 0.3) is 6.47 Å². The molecule has 2 aromatic rings. The fourth-order valence-corrected chi connectivity index (χ4v) is 1.53. The molecule has 0 aliphatic carbocycles. The first-order valence-corrected chi connectivity index (χ1v) is 5.32. The van der Waals surface area contributed by atoms with Crippen LogP contribution in [0.5, 0.6) is 5.88 Å². The van der Waals surface area contributed by atoms with Gasteiger partial charge in [-0.2, -0.15) is 0 Å². The molecule has 2 aromatic heterocycles. The van der Waals surface area contributed by atoms with Crippen molar-refractivity contribution in [3.8, 4) is 5.88 Å². The number of carbonyl (C=O) groups excluding carboxylic acids is 1. The van der Waals surface area contributed by atoms with E-state index >= 15 is 0 Å². The molecule has 17 heavy (non-hydrogen) atoms. The minimum absolute atomic E-state index is 0.291. The first kappa shape index (κ1) is 11.6. The largest absolute Gasteiger partial charge is 0.408 e. The van der Waals surface area contributed by atoms with Crippen LogP contribution < -0.4 is 4.74 Å². The van der Waals surface area contributed by atoms with E-state index in [0.717, 1.165) is 11.3 Å². The summed E-state index contributed by atoms with van der Waals surface area (Å²) < 4.78 is 6.40. The van der Waals surface area contributed by atoms with Crippen molar-refractivity contribution in [2.45, 2.75) is 13.5 Å². The first-order valence-electron chi connectivity index (χ1n) is 4.94. The van der Waals surface area contributed by atoms with Gasteiger partial charge >= 0.3 is 0 Å². The van der Waals surface area contributed by atoms with Gasteiger partial charge in [-0.15, -0.1) is 5.10 Å². The summed E-state index contributed by atoms with van der Waals surface area (Å²) in [6.45, 7) is 2.79. The van der Waals surface area contributed by atoms with Gasteiger partial charge in [0.1, 0.15) is 5.15 Å². The number of hydrogen-bond acceptors (Lipinski definition) is 4. The van der Waals surface area contributed by atoms with Gasteiger partial charge in [0.2, 0.25) is 5.88 Å². The first-order chi connectivity index (χ1) is 8.19. The molecule has 0 amide bonds. The number of carbonyl (C=O) groups is 1. The second-order valence-corrected chi connectivity index (χ2v) is 3.87. The molecule has 6 heteroatoms. The number of halogens is 1. The van der Waals surface area contributed by atoms with E-state index in [1.807, 2.05) is 13.0 Å². The quantitative estimate of drug-likeness (QED) is 0.614. The predicted molar refractivity (Wildman–Crippen MR) is 62.0 cm³/mol. The lowest BCUT2D eigenvalue weighted by molar-refractivity contribution is -0.120. The van der Waals surface area contributed by atoms with Crippen molar-refractivity contribution in [2.75, 3.05) is 0 Å². The van der Waals surface area contributed by atoms with Gasteiger partial charge in [-0.3, -0.25) is 9.48 Å². The highest BCUT2D eigenvalue weighted by molar-refractivity contribution is 6.29. The molecule has 0 saturated heterocycles. The minimum atomic E-state index is 0.291. The number of nitrogens with zero attached hydrogens (tertiary/aromatic N) is 3. The Labute approximate surface area is 103 Å². The van der Waals surface area contributed by atoms with E-state index in [9.17, 15) is 4.79 Å². The number of hydrogen-bond donors (Lipinski definition) is 0. The lowest BCUT2D eigenvalue weighted by Gasteiger charge is -2.03.